The minimum Gasteiger partial charge on any atom is -0.324 e. The molecule has 2 aromatic rings. The number of nitrogens with zero attached hydrogens (tertiary/aromatic N) is 1. The van der Waals surface area contributed by atoms with Crippen molar-refractivity contribution in [2.24, 2.45) is 0 Å². The van der Waals surface area contributed by atoms with Crippen LogP contribution in [0.25, 0.3) is 0 Å². The summed E-state index contributed by atoms with van der Waals surface area (Å²) in [5, 5.41) is 2.92. The molecular weight excluding hydrogens is 372 g/mol. The van der Waals surface area contributed by atoms with E-state index in [1.54, 1.807) is 12.1 Å². The molecule has 1 N–H and O–H groups in total. The molecule has 0 aliphatic carbocycles. The zero-order valence-corrected chi connectivity index (χ0v) is 18.3. The van der Waals surface area contributed by atoms with Gasteiger partial charge in [-0.15, -0.1) is 0 Å². The fourth-order valence-corrected chi connectivity index (χ4v) is 3.93. The average molecular weight is 403 g/mol. The van der Waals surface area contributed by atoms with Crippen molar-refractivity contribution in [1.82, 2.24) is 0 Å². The molecule has 0 fully saturated rings. The molecule has 1 amide bonds. The number of hydrogen-bond donors (Lipinski definition) is 1. The molecule has 0 atom stereocenters. The van der Waals surface area contributed by atoms with Crippen LogP contribution in [0.15, 0.2) is 42.5 Å². The molecule has 0 unspecified atom stereocenters. The number of sulfonamides is 1. The van der Waals surface area contributed by atoms with E-state index in [0.717, 1.165) is 32.9 Å². The number of amides is 1. The maximum atomic E-state index is 12.7. The van der Waals surface area contributed by atoms with Crippen LogP contribution in [-0.2, 0) is 14.8 Å². The van der Waals surface area contributed by atoms with E-state index in [-0.39, 0.29) is 18.4 Å². The monoisotopic (exact) mass is 402 g/mol. The number of carbonyl (C=O) groups is 1. The van der Waals surface area contributed by atoms with Gasteiger partial charge in [-0.1, -0.05) is 58.0 Å². The van der Waals surface area contributed by atoms with Crippen molar-refractivity contribution in [2.75, 3.05) is 22.4 Å². The fourth-order valence-electron chi connectivity index (χ4n) is 3.08. The van der Waals surface area contributed by atoms with Gasteiger partial charge in [0.1, 0.15) is 6.54 Å². The van der Waals surface area contributed by atoms with Crippen molar-refractivity contribution < 1.29 is 13.2 Å². The second-order valence-corrected chi connectivity index (χ2v) is 9.66. The third-order valence-electron chi connectivity index (χ3n) is 4.73. The third kappa shape index (κ3) is 5.35. The van der Waals surface area contributed by atoms with Crippen molar-refractivity contribution in [3.05, 3.63) is 59.2 Å². The van der Waals surface area contributed by atoms with E-state index < -0.39 is 10.0 Å². The molecule has 0 heterocycles. The minimum absolute atomic E-state index is 0.241. The Balaban J connectivity index is 2.28. The molecule has 152 valence electrons. The van der Waals surface area contributed by atoms with E-state index in [0.29, 0.717) is 11.6 Å². The highest BCUT2D eigenvalue weighted by Crippen LogP contribution is 2.28. The number of carbonyl (C=O) groups excluding carboxylic acids is 1. The SMILES string of the molecule is Cc1cccc(C(C)C)c1NC(=O)CN(c1ccc(C(C)C)cc1)S(C)(=O)=O. The zero-order valence-electron chi connectivity index (χ0n) is 17.5. The summed E-state index contributed by atoms with van der Waals surface area (Å²) >= 11 is 0. The fraction of sp³-hybridized carbons (Fsp3) is 0.409. The maximum absolute atomic E-state index is 12.7. The first-order chi connectivity index (χ1) is 13.0. The van der Waals surface area contributed by atoms with E-state index >= 15 is 0 Å². The Hall–Kier alpha value is -2.34. The Morgan fingerprint density at radius 2 is 1.61 bits per heavy atom. The predicted octanol–water partition coefficient (Wildman–Crippen LogP) is 4.65. The van der Waals surface area contributed by atoms with Crippen LogP contribution >= 0.6 is 0 Å². The van der Waals surface area contributed by atoms with Gasteiger partial charge in [-0.05, 0) is 47.6 Å². The predicted molar refractivity (Wildman–Crippen MR) is 117 cm³/mol. The molecule has 0 aliphatic rings. The lowest BCUT2D eigenvalue weighted by Gasteiger charge is -2.23. The number of benzene rings is 2. The number of anilines is 2. The third-order valence-corrected chi connectivity index (χ3v) is 5.87. The summed E-state index contributed by atoms with van der Waals surface area (Å²) in [6.07, 6.45) is 1.12. The molecular formula is C22H30N2O3S. The summed E-state index contributed by atoms with van der Waals surface area (Å²) < 4.78 is 25.8. The summed E-state index contributed by atoms with van der Waals surface area (Å²) in [4.78, 5) is 12.7. The molecule has 0 saturated carbocycles. The lowest BCUT2D eigenvalue weighted by atomic mass is 9.98. The van der Waals surface area contributed by atoms with Gasteiger partial charge in [0.15, 0.2) is 0 Å². The molecule has 0 aliphatic heterocycles. The number of aryl methyl sites for hydroxylation is 1. The zero-order chi connectivity index (χ0) is 21.1. The number of para-hydroxylation sites is 1. The summed E-state index contributed by atoms with van der Waals surface area (Å²) in [5.41, 5.74) is 4.33. The second kappa shape index (κ2) is 8.78. The quantitative estimate of drug-likeness (QED) is 0.733. The van der Waals surface area contributed by atoms with Gasteiger partial charge in [0.25, 0.3) is 0 Å². The van der Waals surface area contributed by atoms with E-state index in [4.69, 9.17) is 0 Å². The molecule has 0 bridgehead atoms. The average Bonchev–Trinajstić information content (AvgIpc) is 2.60. The van der Waals surface area contributed by atoms with Crippen LogP contribution in [0.1, 0.15) is 56.2 Å². The largest absolute Gasteiger partial charge is 0.324 e. The van der Waals surface area contributed by atoms with Crippen molar-refractivity contribution in [2.45, 2.75) is 46.5 Å². The van der Waals surface area contributed by atoms with Crippen LogP contribution in [0.2, 0.25) is 0 Å². The van der Waals surface area contributed by atoms with Gasteiger partial charge in [-0.25, -0.2) is 8.42 Å². The lowest BCUT2D eigenvalue weighted by molar-refractivity contribution is -0.114. The van der Waals surface area contributed by atoms with Gasteiger partial charge in [0, 0.05) is 5.69 Å². The first-order valence-corrected chi connectivity index (χ1v) is 11.3. The second-order valence-electron chi connectivity index (χ2n) is 7.76. The van der Waals surface area contributed by atoms with Crippen LogP contribution in [-0.4, -0.2) is 27.1 Å². The van der Waals surface area contributed by atoms with Crippen molar-refractivity contribution in [3.63, 3.8) is 0 Å². The first-order valence-electron chi connectivity index (χ1n) is 9.47. The van der Waals surface area contributed by atoms with Crippen LogP contribution in [0.3, 0.4) is 0 Å². The molecule has 5 nitrogen and oxygen atoms in total. The molecule has 0 aromatic heterocycles. The van der Waals surface area contributed by atoms with Gasteiger partial charge < -0.3 is 5.32 Å². The number of rotatable bonds is 7. The summed E-state index contributed by atoms with van der Waals surface area (Å²) in [7, 11) is -3.60. The van der Waals surface area contributed by atoms with E-state index in [2.05, 4.69) is 33.0 Å². The Morgan fingerprint density at radius 1 is 1.00 bits per heavy atom. The minimum atomic E-state index is -3.60. The summed E-state index contributed by atoms with van der Waals surface area (Å²) in [6.45, 7) is 9.93. The van der Waals surface area contributed by atoms with Crippen molar-refractivity contribution in [3.8, 4) is 0 Å². The van der Waals surface area contributed by atoms with Gasteiger partial charge >= 0.3 is 0 Å². The Labute approximate surface area is 168 Å². The summed E-state index contributed by atoms with van der Waals surface area (Å²) in [6, 6.07) is 13.2. The van der Waals surface area contributed by atoms with E-state index in [9.17, 15) is 13.2 Å². The van der Waals surface area contributed by atoms with Crippen LogP contribution in [0.5, 0.6) is 0 Å². The van der Waals surface area contributed by atoms with Gasteiger partial charge in [0.2, 0.25) is 15.9 Å². The van der Waals surface area contributed by atoms with Crippen molar-refractivity contribution in [1.29, 1.82) is 0 Å². The highest BCUT2D eigenvalue weighted by molar-refractivity contribution is 7.92. The van der Waals surface area contributed by atoms with Crippen LogP contribution in [0, 0.1) is 6.92 Å². The molecule has 2 rings (SSSR count). The van der Waals surface area contributed by atoms with Crippen molar-refractivity contribution >= 4 is 27.3 Å². The van der Waals surface area contributed by atoms with Gasteiger partial charge in [-0.2, -0.15) is 0 Å². The molecule has 0 spiro atoms. The maximum Gasteiger partial charge on any atom is 0.245 e. The lowest BCUT2D eigenvalue weighted by Crippen LogP contribution is -2.37. The smallest absolute Gasteiger partial charge is 0.245 e. The topological polar surface area (TPSA) is 66.5 Å². The normalized spacial score (nSPS) is 11.7. The van der Waals surface area contributed by atoms with Gasteiger partial charge in [0.05, 0.1) is 11.9 Å². The highest BCUT2D eigenvalue weighted by Gasteiger charge is 2.22. The molecule has 6 heteroatoms. The van der Waals surface area contributed by atoms with Crippen LogP contribution < -0.4 is 9.62 Å². The molecule has 28 heavy (non-hydrogen) atoms. The van der Waals surface area contributed by atoms with E-state index in [1.807, 2.05) is 37.3 Å². The Kier molecular flexibility index (Phi) is 6.88. The molecule has 0 saturated heterocycles. The standard InChI is InChI=1S/C22H30N2O3S/c1-15(2)18-10-12-19(13-11-18)24(28(6,26)27)14-21(25)23-22-17(5)8-7-9-20(22)16(3)4/h7-13,15-16H,14H2,1-6H3,(H,23,25). The van der Waals surface area contributed by atoms with Crippen LogP contribution in [0.4, 0.5) is 11.4 Å². The number of nitrogens with one attached hydrogen (secondary N) is 1. The first kappa shape index (κ1) is 22.0. The van der Waals surface area contributed by atoms with E-state index in [1.165, 1.54) is 0 Å². The Bertz CT molecular complexity index is 933. The highest BCUT2D eigenvalue weighted by atomic mass is 32.2. The Morgan fingerprint density at radius 3 is 2.11 bits per heavy atom. The summed E-state index contributed by atoms with van der Waals surface area (Å²) in [5.74, 6) is 0.221. The molecule has 2 aromatic carbocycles. The number of hydrogen-bond acceptors (Lipinski definition) is 3. The van der Waals surface area contributed by atoms with Gasteiger partial charge in [-0.3, -0.25) is 9.10 Å². The molecule has 0 radical (unpaired) electrons.